The summed E-state index contributed by atoms with van der Waals surface area (Å²) in [5.74, 6) is 1.70. The first-order valence-corrected chi connectivity index (χ1v) is 7.99. The lowest BCUT2D eigenvalue weighted by Gasteiger charge is -2.12. The Morgan fingerprint density at radius 3 is 2.67 bits per heavy atom. The van der Waals surface area contributed by atoms with Crippen LogP contribution in [-0.2, 0) is 0 Å². The van der Waals surface area contributed by atoms with E-state index in [0.717, 1.165) is 21.1 Å². The molecule has 0 aliphatic carbocycles. The summed E-state index contributed by atoms with van der Waals surface area (Å²) in [4.78, 5) is 4.74. The van der Waals surface area contributed by atoms with Gasteiger partial charge in [-0.05, 0) is 52.9 Å². The molecule has 0 fully saturated rings. The zero-order valence-corrected chi connectivity index (χ0v) is 13.7. The molecular formula is C14H19BrN2S. The summed E-state index contributed by atoms with van der Waals surface area (Å²) < 4.78 is 1.11. The van der Waals surface area contributed by atoms with Crippen molar-refractivity contribution in [3.63, 3.8) is 0 Å². The molecule has 0 aromatic heterocycles. The molecule has 0 saturated carbocycles. The molecule has 0 saturated heterocycles. The first kappa shape index (κ1) is 13.9. The highest BCUT2D eigenvalue weighted by atomic mass is 79.9. The van der Waals surface area contributed by atoms with Gasteiger partial charge in [-0.3, -0.25) is 4.99 Å². The van der Waals surface area contributed by atoms with E-state index in [2.05, 4.69) is 61.1 Å². The van der Waals surface area contributed by atoms with E-state index < -0.39 is 0 Å². The maximum Gasteiger partial charge on any atom is 0.161 e. The molecule has 0 bridgehead atoms. The average Bonchev–Trinajstić information content (AvgIpc) is 2.71. The number of amidine groups is 1. The number of hydrogen-bond acceptors (Lipinski definition) is 3. The third-order valence-electron chi connectivity index (χ3n) is 3.11. The van der Waals surface area contributed by atoms with Crippen LogP contribution in [0.5, 0.6) is 0 Å². The highest BCUT2D eigenvalue weighted by Gasteiger charge is 2.21. The lowest BCUT2D eigenvalue weighted by atomic mass is 10.1. The van der Waals surface area contributed by atoms with Crippen molar-refractivity contribution in [2.75, 3.05) is 11.1 Å². The fourth-order valence-corrected chi connectivity index (χ4v) is 3.93. The summed E-state index contributed by atoms with van der Waals surface area (Å²) in [7, 11) is 0. The van der Waals surface area contributed by atoms with Crippen LogP contribution in [0.15, 0.2) is 21.6 Å². The Hall–Kier alpha value is -0.480. The SMILES string of the molecule is Cc1cc(C)c(NC2=NC(C(C)C)CS2)c(Br)c1. The molecule has 2 nitrogen and oxygen atoms in total. The van der Waals surface area contributed by atoms with Gasteiger partial charge in [0.15, 0.2) is 5.17 Å². The van der Waals surface area contributed by atoms with Crippen LogP contribution >= 0.6 is 27.7 Å². The second-order valence-corrected chi connectivity index (χ2v) is 6.98. The van der Waals surface area contributed by atoms with Crippen LogP contribution in [0.25, 0.3) is 0 Å². The minimum atomic E-state index is 0.446. The molecule has 1 N–H and O–H groups in total. The molecule has 1 heterocycles. The number of nitrogens with zero attached hydrogens (tertiary/aromatic N) is 1. The van der Waals surface area contributed by atoms with Crippen molar-refractivity contribution in [1.29, 1.82) is 0 Å². The third kappa shape index (κ3) is 3.09. The quantitative estimate of drug-likeness (QED) is 0.858. The van der Waals surface area contributed by atoms with Crippen molar-refractivity contribution in [2.45, 2.75) is 33.7 Å². The summed E-state index contributed by atoms with van der Waals surface area (Å²) >= 11 is 5.44. The number of hydrogen-bond donors (Lipinski definition) is 1. The summed E-state index contributed by atoms with van der Waals surface area (Å²) in [6.45, 7) is 8.69. The molecule has 1 aromatic carbocycles. The van der Waals surface area contributed by atoms with E-state index >= 15 is 0 Å². The Morgan fingerprint density at radius 1 is 1.39 bits per heavy atom. The van der Waals surface area contributed by atoms with E-state index in [9.17, 15) is 0 Å². The standard InChI is InChI=1S/C14H19BrN2S/c1-8(2)12-7-18-14(16-12)17-13-10(4)5-9(3)6-11(13)15/h5-6,8,12H,7H2,1-4H3,(H,16,17). The maximum atomic E-state index is 4.74. The van der Waals surface area contributed by atoms with E-state index in [0.29, 0.717) is 12.0 Å². The molecule has 1 atom stereocenters. The number of thioether (sulfide) groups is 1. The highest BCUT2D eigenvalue weighted by molar-refractivity contribution is 9.10. The van der Waals surface area contributed by atoms with Crippen LogP contribution in [0.3, 0.4) is 0 Å². The summed E-state index contributed by atoms with van der Waals surface area (Å²) in [6.07, 6.45) is 0. The van der Waals surface area contributed by atoms with Crippen molar-refractivity contribution >= 4 is 38.5 Å². The van der Waals surface area contributed by atoms with Gasteiger partial charge in [0.05, 0.1) is 11.7 Å². The first-order valence-electron chi connectivity index (χ1n) is 6.21. The molecule has 18 heavy (non-hydrogen) atoms. The van der Waals surface area contributed by atoms with Gasteiger partial charge in [-0.15, -0.1) is 0 Å². The van der Waals surface area contributed by atoms with E-state index in [-0.39, 0.29) is 0 Å². The Balaban J connectivity index is 2.18. The Bertz CT molecular complexity index is 460. The van der Waals surface area contributed by atoms with Gasteiger partial charge < -0.3 is 5.32 Å². The van der Waals surface area contributed by atoms with Crippen LogP contribution in [0.2, 0.25) is 0 Å². The monoisotopic (exact) mass is 326 g/mol. The van der Waals surface area contributed by atoms with Gasteiger partial charge in [-0.1, -0.05) is 31.7 Å². The number of aliphatic imine (C=N–C) groups is 1. The van der Waals surface area contributed by atoms with Gasteiger partial charge >= 0.3 is 0 Å². The third-order valence-corrected chi connectivity index (χ3v) is 4.72. The van der Waals surface area contributed by atoms with Gasteiger partial charge in [0.25, 0.3) is 0 Å². The van der Waals surface area contributed by atoms with E-state index in [1.807, 2.05) is 11.8 Å². The first-order chi connectivity index (χ1) is 8.47. The second-order valence-electron chi connectivity index (χ2n) is 5.12. The lowest BCUT2D eigenvalue weighted by molar-refractivity contribution is 0.543. The van der Waals surface area contributed by atoms with E-state index in [1.165, 1.54) is 11.1 Å². The van der Waals surface area contributed by atoms with Gasteiger partial charge in [0, 0.05) is 10.2 Å². The van der Waals surface area contributed by atoms with Crippen LogP contribution in [0, 0.1) is 19.8 Å². The molecule has 0 amide bonds. The highest BCUT2D eigenvalue weighted by Crippen LogP contribution is 2.31. The van der Waals surface area contributed by atoms with Crippen LogP contribution in [0.4, 0.5) is 5.69 Å². The van der Waals surface area contributed by atoms with Crippen molar-refractivity contribution in [3.05, 3.63) is 27.7 Å². The fourth-order valence-electron chi connectivity index (χ4n) is 1.98. The summed E-state index contributed by atoms with van der Waals surface area (Å²) in [5, 5.41) is 4.50. The minimum Gasteiger partial charge on any atom is -0.334 e. The summed E-state index contributed by atoms with van der Waals surface area (Å²) in [5.41, 5.74) is 3.65. The molecule has 0 radical (unpaired) electrons. The fraction of sp³-hybridized carbons (Fsp3) is 0.500. The number of rotatable bonds is 2. The summed E-state index contributed by atoms with van der Waals surface area (Å²) in [6, 6.07) is 4.77. The van der Waals surface area contributed by atoms with Crippen LogP contribution < -0.4 is 5.32 Å². The smallest absolute Gasteiger partial charge is 0.161 e. The molecule has 1 aliphatic rings. The molecule has 1 aromatic rings. The number of aryl methyl sites for hydroxylation is 2. The van der Waals surface area contributed by atoms with Crippen molar-refractivity contribution < 1.29 is 0 Å². The largest absolute Gasteiger partial charge is 0.334 e. The van der Waals surface area contributed by atoms with Gasteiger partial charge in [-0.25, -0.2) is 0 Å². The maximum absolute atomic E-state index is 4.74. The molecule has 4 heteroatoms. The Morgan fingerprint density at radius 2 is 2.11 bits per heavy atom. The number of nitrogens with one attached hydrogen (secondary N) is 1. The van der Waals surface area contributed by atoms with E-state index in [1.54, 1.807) is 0 Å². The number of benzene rings is 1. The predicted molar refractivity (Wildman–Crippen MR) is 85.8 cm³/mol. The number of halogens is 1. The lowest BCUT2D eigenvalue weighted by Crippen LogP contribution is -2.12. The van der Waals surface area contributed by atoms with Crippen LogP contribution in [-0.4, -0.2) is 17.0 Å². The predicted octanol–water partition coefficient (Wildman–Crippen LogP) is 4.61. The van der Waals surface area contributed by atoms with Gasteiger partial charge in [-0.2, -0.15) is 0 Å². The van der Waals surface area contributed by atoms with Crippen molar-refractivity contribution in [3.8, 4) is 0 Å². The molecule has 98 valence electrons. The van der Waals surface area contributed by atoms with Crippen molar-refractivity contribution in [1.82, 2.24) is 0 Å². The molecule has 0 spiro atoms. The average molecular weight is 327 g/mol. The second kappa shape index (κ2) is 5.66. The van der Waals surface area contributed by atoms with Gasteiger partial charge in [0.1, 0.15) is 0 Å². The zero-order valence-electron chi connectivity index (χ0n) is 11.2. The Labute approximate surface area is 122 Å². The molecule has 2 rings (SSSR count). The molecule has 1 unspecified atom stereocenters. The normalized spacial score (nSPS) is 19.2. The van der Waals surface area contributed by atoms with Crippen molar-refractivity contribution in [2.24, 2.45) is 10.9 Å². The zero-order chi connectivity index (χ0) is 13.3. The van der Waals surface area contributed by atoms with Crippen LogP contribution in [0.1, 0.15) is 25.0 Å². The van der Waals surface area contributed by atoms with Gasteiger partial charge in [0.2, 0.25) is 0 Å². The topological polar surface area (TPSA) is 24.4 Å². The molecule has 1 aliphatic heterocycles. The molecular weight excluding hydrogens is 308 g/mol. The number of anilines is 1. The van der Waals surface area contributed by atoms with E-state index in [4.69, 9.17) is 4.99 Å². The Kier molecular flexibility index (Phi) is 4.38. The minimum absolute atomic E-state index is 0.446.